The average Bonchev–Trinajstić information content (AvgIpc) is 2.76. The number of hydrogen-bond donors (Lipinski definition) is 1. The van der Waals surface area contributed by atoms with E-state index in [2.05, 4.69) is 11.8 Å². The van der Waals surface area contributed by atoms with E-state index >= 15 is 0 Å². The van der Waals surface area contributed by atoms with Crippen LogP contribution in [0.15, 0.2) is 18.2 Å². The summed E-state index contributed by atoms with van der Waals surface area (Å²) in [7, 11) is 0. The van der Waals surface area contributed by atoms with Crippen LogP contribution in [0.3, 0.4) is 0 Å². The number of benzene rings is 1. The summed E-state index contributed by atoms with van der Waals surface area (Å²) in [5.74, 6) is 0.775. The molecule has 0 radical (unpaired) electrons. The summed E-state index contributed by atoms with van der Waals surface area (Å²) >= 11 is 12.1. The third-order valence-electron chi connectivity index (χ3n) is 3.57. The predicted octanol–water partition coefficient (Wildman–Crippen LogP) is 3.76. The van der Waals surface area contributed by atoms with Gasteiger partial charge in [0, 0.05) is 18.7 Å². The molecule has 2 atom stereocenters. The van der Waals surface area contributed by atoms with Crippen LogP contribution in [-0.4, -0.2) is 29.6 Å². The van der Waals surface area contributed by atoms with Crippen molar-refractivity contribution in [2.24, 2.45) is 5.92 Å². The minimum atomic E-state index is -0.535. The molecule has 1 aliphatic heterocycles. The number of nitrogens with zero attached hydrogens (tertiary/aromatic N) is 1. The average molecular weight is 288 g/mol. The van der Waals surface area contributed by atoms with Crippen LogP contribution in [0.2, 0.25) is 10.0 Å². The molecule has 1 saturated heterocycles. The third-order valence-corrected chi connectivity index (χ3v) is 4.40. The summed E-state index contributed by atoms with van der Waals surface area (Å²) in [5.41, 5.74) is 0.733. The molecule has 2 rings (SSSR count). The minimum absolute atomic E-state index is 0.474. The molecule has 0 spiro atoms. The van der Waals surface area contributed by atoms with Crippen molar-refractivity contribution in [3.05, 3.63) is 33.8 Å². The zero-order chi connectivity index (χ0) is 13.1. The second-order valence-corrected chi connectivity index (χ2v) is 5.93. The van der Waals surface area contributed by atoms with Gasteiger partial charge in [-0.15, -0.1) is 0 Å². The highest BCUT2D eigenvalue weighted by Gasteiger charge is 2.20. The second kappa shape index (κ2) is 6.25. The molecular weight excluding hydrogens is 269 g/mol. The summed E-state index contributed by atoms with van der Waals surface area (Å²) in [4.78, 5) is 2.40. The lowest BCUT2D eigenvalue weighted by atomic mass is 10.1. The van der Waals surface area contributed by atoms with Crippen LogP contribution in [0.25, 0.3) is 0 Å². The van der Waals surface area contributed by atoms with Crippen LogP contribution >= 0.6 is 23.2 Å². The quantitative estimate of drug-likeness (QED) is 0.912. The molecule has 1 N–H and O–H groups in total. The van der Waals surface area contributed by atoms with Crippen LogP contribution in [0.1, 0.15) is 31.4 Å². The van der Waals surface area contributed by atoms with Crippen molar-refractivity contribution in [3.8, 4) is 0 Å². The molecule has 0 aromatic heterocycles. The van der Waals surface area contributed by atoms with Gasteiger partial charge in [0.25, 0.3) is 0 Å². The Morgan fingerprint density at radius 2 is 2.22 bits per heavy atom. The maximum Gasteiger partial charge on any atom is 0.0817 e. The maximum absolute atomic E-state index is 10.2. The van der Waals surface area contributed by atoms with Gasteiger partial charge in [0.2, 0.25) is 0 Å². The molecule has 1 aliphatic rings. The van der Waals surface area contributed by atoms with E-state index in [1.165, 1.54) is 6.42 Å². The van der Waals surface area contributed by atoms with Crippen molar-refractivity contribution in [2.75, 3.05) is 19.6 Å². The Bertz CT molecular complexity index is 411. The van der Waals surface area contributed by atoms with E-state index in [1.54, 1.807) is 6.07 Å². The van der Waals surface area contributed by atoms with Crippen molar-refractivity contribution in [2.45, 2.75) is 25.9 Å². The number of aliphatic hydroxyl groups is 1. The van der Waals surface area contributed by atoms with E-state index < -0.39 is 6.10 Å². The highest BCUT2D eigenvalue weighted by molar-refractivity contribution is 6.42. The van der Waals surface area contributed by atoms with Crippen LogP contribution < -0.4 is 0 Å². The van der Waals surface area contributed by atoms with Crippen LogP contribution in [0.5, 0.6) is 0 Å². The van der Waals surface area contributed by atoms with E-state index in [4.69, 9.17) is 23.2 Å². The molecule has 18 heavy (non-hydrogen) atoms. The fourth-order valence-corrected chi connectivity index (χ4v) is 2.90. The Morgan fingerprint density at radius 3 is 2.89 bits per heavy atom. The van der Waals surface area contributed by atoms with Crippen molar-refractivity contribution in [1.29, 1.82) is 0 Å². The van der Waals surface area contributed by atoms with Gasteiger partial charge < -0.3 is 10.0 Å². The maximum atomic E-state index is 10.2. The number of halogens is 2. The molecule has 0 aliphatic carbocycles. The van der Waals surface area contributed by atoms with Gasteiger partial charge in [0.05, 0.1) is 16.1 Å². The summed E-state index contributed by atoms with van der Waals surface area (Å²) in [5, 5.41) is 11.2. The van der Waals surface area contributed by atoms with E-state index in [0.29, 0.717) is 16.5 Å². The van der Waals surface area contributed by atoms with Gasteiger partial charge in [-0.05, 0) is 31.4 Å². The Hall–Kier alpha value is -0.280. The van der Waals surface area contributed by atoms with Crippen molar-refractivity contribution < 1.29 is 5.11 Å². The van der Waals surface area contributed by atoms with Crippen molar-refractivity contribution >= 4 is 23.2 Å². The molecular formula is C14H19Cl2NO. The predicted molar refractivity (Wildman–Crippen MR) is 76.3 cm³/mol. The first-order valence-electron chi connectivity index (χ1n) is 6.42. The lowest BCUT2D eigenvalue weighted by Gasteiger charge is -2.19. The van der Waals surface area contributed by atoms with Gasteiger partial charge in [-0.3, -0.25) is 0 Å². The fourth-order valence-electron chi connectivity index (χ4n) is 2.47. The molecule has 2 unspecified atom stereocenters. The normalized spacial score (nSPS) is 22.3. The molecule has 2 nitrogen and oxygen atoms in total. The molecule has 1 heterocycles. The lowest BCUT2D eigenvalue weighted by molar-refractivity contribution is 0.148. The molecule has 0 amide bonds. The van der Waals surface area contributed by atoms with E-state index in [1.807, 2.05) is 12.1 Å². The fraction of sp³-hybridized carbons (Fsp3) is 0.571. The molecule has 100 valence electrons. The molecule has 1 aromatic carbocycles. The van der Waals surface area contributed by atoms with Gasteiger partial charge in [-0.25, -0.2) is 0 Å². The Morgan fingerprint density at radius 1 is 1.44 bits per heavy atom. The number of rotatable bonds is 4. The smallest absolute Gasteiger partial charge is 0.0817 e. The first-order chi connectivity index (χ1) is 8.58. The van der Waals surface area contributed by atoms with E-state index in [9.17, 15) is 5.11 Å². The summed E-state index contributed by atoms with van der Waals surface area (Å²) in [6.07, 6.45) is 1.42. The van der Waals surface area contributed by atoms with Crippen molar-refractivity contribution in [1.82, 2.24) is 4.90 Å². The number of likely N-dealkylation sites (tertiary alicyclic amines) is 1. The summed E-state index contributed by atoms with van der Waals surface area (Å²) in [6.45, 7) is 5.45. The zero-order valence-corrected chi connectivity index (χ0v) is 12.1. The molecule has 0 saturated carbocycles. The number of hydrogen-bond acceptors (Lipinski definition) is 2. The highest BCUT2D eigenvalue weighted by atomic mass is 35.5. The zero-order valence-electron chi connectivity index (χ0n) is 10.6. The first-order valence-corrected chi connectivity index (χ1v) is 7.18. The Kier molecular flexibility index (Phi) is 4.91. The van der Waals surface area contributed by atoms with Crippen molar-refractivity contribution in [3.63, 3.8) is 0 Å². The highest BCUT2D eigenvalue weighted by Crippen LogP contribution is 2.31. The van der Waals surface area contributed by atoms with Crippen LogP contribution in [-0.2, 0) is 0 Å². The molecule has 1 fully saturated rings. The standard InChI is InChI=1S/C14H19Cl2NO/c1-10-5-7-17(9-10)8-6-13(18)11-3-2-4-12(15)14(11)16/h2-4,10,13,18H,5-9H2,1H3. The summed E-state index contributed by atoms with van der Waals surface area (Å²) in [6, 6.07) is 5.40. The Balaban J connectivity index is 1.91. The summed E-state index contributed by atoms with van der Waals surface area (Å²) < 4.78 is 0. The molecule has 0 bridgehead atoms. The van der Waals surface area contributed by atoms with Gasteiger partial charge in [0.15, 0.2) is 0 Å². The topological polar surface area (TPSA) is 23.5 Å². The first kappa shape index (κ1) is 14.1. The van der Waals surface area contributed by atoms with Crippen LogP contribution in [0.4, 0.5) is 0 Å². The molecule has 4 heteroatoms. The minimum Gasteiger partial charge on any atom is -0.388 e. The number of aliphatic hydroxyl groups excluding tert-OH is 1. The second-order valence-electron chi connectivity index (χ2n) is 5.14. The van der Waals surface area contributed by atoms with Gasteiger partial charge in [-0.2, -0.15) is 0 Å². The molecule has 1 aromatic rings. The van der Waals surface area contributed by atoms with Crippen LogP contribution in [0, 0.1) is 5.92 Å². The van der Waals surface area contributed by atoms with Gasteiger partial charge >= 0.3 is 0 Å². The lowest BCUT2D eigenvalue weighted by Crippen LogP contribution is -2.23. The monoisotopic (exact) mass is 287 g/mol. The third kappa shape index (κ3) is 3.39. The largest absolute Gasteiger partial charge is 0.388 e. The van der Waals surface area contributed by atoms with E-state index in [0.717, 1.165) is 31.1 Å². The SMILES string of the molecule is CC1CCN(CCC(O)c2cccc(Cl)c2Cl)C1. The van der Waals surface area contributed by atoms with Gasteiger partial charge in [0.1, 0.15) is 0 Å². The van der Waals surface area contributed by atoms with Gasteiger partial charge in [-0.1, -0.05) is 42.3 Å². The Labute approximate surface area is 119 Å². The van der Waals surface area contributed by atoms with E-state index in [-0.39, 0.29) is 0 Å².